The maximum absolute atomic E-state index is 12.0. The number of likely N-dealkylation sites (tertiary alicyclic amines) is 2. The summed E-state index contributed by atoms with van der Waals surface area (Å²) < 4.78 is 5.09. The molecule has 4 heteroatoms. The van der Waals surface area contributed by atoms with E-state index in [1.807, 2.05) is 4.90 Å². The lowest BCUT2D eigenvalue weighted by Gasteiger charge is -2.17. The fraction of sp³-hybridized carbons (Fsp3) is 0.632. The molecule has 23 heavy (non-hydrogen) atoms. The molecule has 0 spiro atoms. The number of carbonyl (C=O) groups excluding carboxylic acids is 1. The molecule has 0 aliphatic carbocycles. The second kappa shape index (κ2) is 7.93. The molecule has 126 valence electrons. The Morgan fingerprint density at radius 1 is 1.22 bits per heavy atom. The summed E-state index contributed by atoms with van der Waals surface area (Å²) in [5, 5.41) is 0. The first-order valence-electron chi connectivity index (χ1n) is 8.81. The Morgan fingerprint density at radius 3 is 2.78 bits per heavy atom. The summed E-state index contributed by atoms with van der Waals surface area (Å²) in [4.78, 5) is 16.5. The Hall–Kier alpha value is -1.39. The molecule has 0 radical (unpaired) electrons. The van der Waals surface area contributed by atoms with Gasteiger partial charge in [-0.3, -0.25) is 9.69 Å². The van der Waals surface area contributed by atoms with E-state index in [-0.39, 0.29) is 5.91 Å². The van der Waals surface area contributed by atoms with Gasteiger partial charge < -0.3 is 9.64 Å². The standard InChI is InChI=1S/C19H28N2O2/c1-23-10-9-21-15-18(13-19(21)22)12-16-5-4-6-17(11-16)14-20-7-2-3-8-20/h4-6,11,18H,2-3,7-10,12-15H2,1H3. The van der Waals surface area contributed by atoms with Crippen LogP contribution < -0.4 is 0 Å². The first kappa shape index (κ1) is 16.5. The van der Waals surface area contributed by atoms with Gasteiger partial charge in [0.2, 0.25) is 5.91 Å². The first-order valence-corrected chi connectivity index (χ1v) is 8.81. The highest BCUT2D eigenvalue weighted by Gasteiger charge is 2.29. The maximum Gasteiger partial charge on any atom is 0.223 e. The van der Waals surface area contributed by atoms with Gasteiger partial charge in [0.1, 0.15) is 0 Å². The molecule has 0 bridgehead atoms. The zero-order chi connectivity index (χ0) is 16.1. The molecule has 2 aliphatic heterocycles. The van der Waals surface area contributed by atoms with Crippen molar-refractivity contribution < 1.29 is 9.53 Å². The maximum atomic E-state index is 12.0. The van der Waals surface area contributed by atoms with Crippen LogP contribution in [-0.4, -0.2) is 55.6 Å². The van der Waals surface area contributed by atoms with E-state index in [1.54, 1.807) is 7.11 Å². The number of hydrogen-bond acceptors (Lipinski definition) is 3. The summed E-state index contributed by atoms with van der Waals surface area (Å²) in [7, 11) is 1.68. The summed E-state index contributed by atoms with van der Waals surface area (Å²) in [5.41, 5.74) is 2.78. The molecule has 1 atom stereocenters. The van der Waals surface area contributed by atoms with E-state index >= 15 is 0 Å². The first-order chi connectivity index (χ1) is 11.2. The van der Waals surface area contributed by atoms with Gasteiger partial charge in [-0.05, 0) is 49.4 Å². The van der Waals surface area contributed by atoms with Gasteiger partial charge in [-0.1, -0.05) is 24.3 Å². The third-order valence-corrected chi connectivity index (χ3v) is 4.98. The molecule has 0 saturated carbocycles. The minimum Gasteiger partial charge on any atom is -0.383 e. The number of methoxy groups -OCH3 is 1. The van der Waals surface area contributed by atoms with Crippen LogP contribution in [0, 0.1) is 5.92 Å². The van der Waals surface area contributed by atoms with Crippen molar-refractivity contribution in [3.05, 3.63) is 35.4 Å². The van der Waals surface area contributed by atoms with E-state index in [1.165, 1.54) is 37.1 Å². The molecule has 2 saturated heterocycles. The number of hydrogen-bond donors (Lipinski definition) is 0. The highest BCUT2D eigenvalue weighted by Crippen LogP contribution is 2.23. The van der Waals surface area contributed by atoms with Gasteiger partial charge in [0, 0.05) is 33.2 Å². The summed E-state index contributed by atoms with van der Waals surface area (Å²) in [6.45, 7) is 5.76. The van der Waals surface area contributed by atoms with E-state index in [9.17, 15) is 4.79 Å². The van der Waals surface area contributed by atoms with E-state index in [4.69, 9.17) is 4.74 Å². The van der Waals surface area contributed by atoms with Crippen molar-refractivity contribution >= 4 is 5.91 Å². The Bertz CT molecular complexity index is 526. The minimum atomic E-state index is 0.278. The molecule has 4 nitrogen and oxygen atoms in total. The second-order valence-electron chi connectivity index (χ2n) is 6.91. The Labute approximate surface area is 139 Å². The lowest BCUT2D eigenvalue weighted by atomic mass is 9.97. The van der Waals surface area contributed by atoms with Gasteiger partial charge in [-0.2, -0.15) is 0 Å². The third kappa shape index (κ3) is 4.55. The van der Waals surface area contributed by atoms with Crippen molar-refractivity contribution in [3.63, 3.8) is 0 Å². The number of benzene rings is 1. The molecule has 1 amide bonds. The fourth-order valence-corrected chi connectivity index (χ4v) is 3.80. The molecule has 2 heterocycles. The van der Waals surface area contributed by atoms with Gasteiger partial charge in [-0.15, -0.1) is 0 Å². The van der Waals surface area contributed by atoms with Crippen molar-refractivity contribution in [1.29, 1.82) is 0 Å². The SMILES string of the molecule is COCCN1CC(Cc2cccc(CN3CCCC3)c2)CC1=O. The van der Waals surface area contributed by atoms with Gasteiger partial charge in [0.25, 0.3) is 0 Å². The topological polar surface area (TPSA) is 32.8 Å². The minimum absolute atomic E-state index is 0.278. The van der Waals surface area contributed by atoms with Gasteiger partial charge in [0.05, 0.1) is 6.61 Å². The predicted molar refractivity (Wildman–Crippen MR) is 91.2 cm³/mol. The number of ether oxygens (including phenoxy) is 1. The molecule has 0 N–H and O–H groups in total. The quantitative estimate of drug-likeness (QED) is 0.774. The van der Waals surface area contributed by atoms with Crippen LogP contribution in [0.3, 0.4) is 0 Å². The Morgan fingerprint density at radius 2 is 2.00 bits per heavy atom. The summed E-state index contributed by atoms with van der Waals surface area (Å²) in [5.74, 6) is 0.724. The zero-order valence-corrected chi connectivity index (χ0v) is 14.2. The van der Waals surface area contributed by atoms with Crippen LogP contribution >= 0.6 is 0 Å². The Balaban J connectivity index is 1.54. The lowest BCUT2D eigenvalue weighted by molar-refractivity contribution is -0.128. The van der Waals surface area contributed by atoms with Crippen molar-refractivity contribution in [2.24, 2.45) is 5.92 Å². The molecule has 1 aromatic rings. The highest BCUT2D eigenvalue weighted by molar-refractivity contribution is 5.78. The van der Waals surface area contributed by atoms with Crippen LogP contribution in [-0.2, 0) is 22.5 Å². The van der Waals surface area contributed by atoms with Gasteiger partial charge in [-0.25, -0.2) is 0 Å². The summed E-state index contributed by atoms with van der Waals surface area (Å²) in [6.07, 6.45) is 4.35. The summed E-state index contributed by atoms with van der Waals surface area (Å²) in [6, 6.07) is 8.93. The van der Waals surface area contributed by atoms with E-state index in [0.717, 1.165) is 26.1 Å². The Kier molecular flexibility index (Phi) is 5.68. The molecule has 1 unspecified atom stereocenters. The molecular formula is C19H28N2O2. The average molecular weight is 316 g/mol. The second-order valence-corrected chi connectivity index (χ2v) is 6.91. The van der Waals surface area contributed by atoms with Crippen LogP contribution in [0.15, 0.2) is 24.3 Å². The van der Waals surface area contributed by atoms with Crippen molar-refractivity contribution in [3.8, 4) is 0 Å². The lowest BCUT2D eigenvalue weighted by Crippen LogP contribution is -2.28. The van der Waals surface area contributed by atoms with Crippen LogP contribution in [0.25, 0.3) is 0 Å². The van der Waals surface area contributed by atoms with Crippen LogP contribution in [0.1, 0.15) is 30.4 Å². The van der Waals surface area contributed by atoms with Crippen LogP contribution in [0.5, 0.6) is 0 Å². The van der Waals surface area contributed by atoms with Crippen LogP contribution in [0.4, 0.5) is 0 Å². The molecule has 0 aromatic heterocycles. The van der Waals surface area contributed by atoms with Crippen molar-refractivity contribution in [2.45, 2.75) is 32.2 Å². The van der Waals surface area contributed by atoms with Crippen molar-refractivity contribution in [1.82, 2.24) is 9.80 Å². The summed E-state index contributed by atoms with van der Waals surface area (Å²) >= 11 is 0. The van der Waals surface area contributed by atoms with Crippen LogP contribution in [0.2, 0.25) is 0 Å². The highest BCUT2D eigenvalue weighted by atomic mass is 16.5. The molecular weight excluding hydrogens is 288 g/mol. The zero-order valence-electron chi connectivity index (χ0n) is 14.2. The van der Waals surface area contributed by atoms with Crippen molar-refractivity contribution in [2.75, 3.05) is 39.9 Å². The monoisotopic (exact) mass is 316 g/mol. The average Bonchev–Trinajstić information content (AvgIpc) is 3.15. The molecule has 1 aromatic carbocycles. The molecule has 3 rings (SSSR count). The number of nitrogens with zero attached hydrogens (tertiary/aromatic N) is 2. The fourth-order valence-electron chi connectivity index (χ4n) is 3.80. The molecule has 2 aliphatic rings. The number of rotatable bonds is 7. The van der Waals surface area contributed by atoms with E-state index in [2.05, 4.69) is 29.2 Å². The van der Waals surface area contributed by atoms with Gasteiger partial charge in [0.15, 0.2) is 0 Å². The van der Waals surface area contributed by atoms with Gasteiger partial charge >= 0.3 is 0 Å². The number of carbonyl (C=O) groups is 1. The largest absolute Gasteiger partial charge is 0.383 e. The smallest absolute Gasteiger partial charge is 0.223 e. The third-order valence-electron chi connectivity index (χ3n) is 4.98. The van der Waals surface area contributed by atoms with E-state index in [0.29, 0.717) is 18.9 Å². The molecule has 2 fully saturated rings. The number of amides is 1. The normalized spacial score (nSPS) is 22.2. The predicted octanol–water partition coefficient (Wildman–Crippen LogP) is 2.32. The van der Waals surface area contributed by atoms with E-state index < -0.39 is 0 Å².